The molecule has 0 saturated heterocycles. The summed E-state index contributed by atoms with van der Waals surface area (Å²) < 4.78 is 1.04. The van der Waals surface area contributed by atoms with E-state index in [2.05, 4.69) is 37.0 Å². The SMILES string of the molecule is Nc1nccc(C2CCC=C(c3ccncc3Br)C2)n1. The number of hydrogen-bond acceptors (Lipinski definition) is 4. The first kappa shape index (κ1) is 13.2. The monoisotopic (exact) mass is 330 g/mol. The minimum atomic E-state index is 0.351. The van der Waals surface area contributed by atoms with Crippen molar-refractivity contribution in [1.29, 1.82) is 0 Å². The molecule has 0 fully saturated rings. The summed E-state index contributed by atoms with van der Waals surface area (Å²) >= 11 is 3.57. The summed E-state index contributed by atoms with van der Waals surface area (Å²) in [5.74, 6) is 0.754. The Hall–Kier alpha value is -1.75. The van der Waals surface area contributed by atoms with Crippen LogP contribution in [0.2, 0.25) is 0 Å². The maximum absolute atomic E-state index is 5.68. The lowest BCUT2D eigenvalue weighted by molar-refractivity contribution is 0.610. The summed E-state index contributed by atoms with van der Waals surface area (Å²) in [5.41, 5.74) is 9.27. The number of pyridine rings is 1. The van der Waals surface area contributed by atoms with Crippen molar-refractivity contribution in [2.75, 3.05) is 5.73 Å². The van der Waals surface area contributed by atoms with Gasteiger partial charge in [0.2, 0.25) is 5.95 Å². The molecule has 102 valence electrons. The summed E-state index contributed by atoms with van der Waals surface area (Å²) in [7, 11) is 0. The molecule has 0 bridgehead atoms. The third-order valence-electron chi connectivity index (χ3n) is 3.60. The van der Waals surface area contributed by atoms with Gasteiger partial charge < -0.3 is 5.73 Å². The Bertz CT molecular complexity index is 654. The minimum Gasteiger partial charge on any atom is -0.368 e. The molecule has 20 heavy (non-hydrogen) atoms. The Kier molecular flexibility index (Phi) is 3.78. The van der Waals surface area contributed by atoms with Crippen molar-refractivity contribution in [2.45, 2.75) is 25.2 Å². The van der Waals surface area contributed by atoms with Crippen LogP contribution in [0, 0.1) is 0 Å². The van der Waals surface area contributed by atoms with Crippen molar-refractivity contribution in [3.8, 4) is 0 Å². The van der Waals surface area contributed by atoms with Crippen LogP contribution in [0.1, 0.15) is 36.4 Å². The van der Waals surface area contributed by atoms with E-state index in [1.807, 2.05) is 24.5 Å². The van der Waals surface area contributed by atoms with Crippen LogP contribution >= 0.6 is 15.9 Å². The van der Waals surface area contributed by atoms with Gasteiger partial charge >= 0.3 is 0 Å². The highest BCUT2D eigenvalue weighted by atomic mass is 79.9. The molecule has 2 N–H and O–H groups in total. The van der Waals surface area contributed by atoms with Crippen molar-refractivity contribution in [1.82, 2.24) is 15.0 Å². The van der Waals surface area contributed by atoms with Gasteiger partial charge in [-0.05, 0) is 58.5 Å². The maximum Gasteiger partial charge on any atom is 0.220 e. The molecule has 1 aliphatic carbocycles. The molecule has 2 aromatic heterocycles. The second kappa shape index (κ2) is 5.71. The molecule has 0 saturated carbocycles. The van der Waals surface area contributed by atoms with Crippen molar-refractivity contribution in [3.63, 3.8) is 0 Å². The lowest BCUT2D eigenvalue weighted by atomic mass is 9.84. The fraction of sp³-hybridized carbons (Fsp3) is 0.267. The number of nitrogen functional groups attached to an aromatic ring is 1. The van der Waals surface area contributed by atoms with Crippen LogP contribution in [0.3, 0.4) is 0 Å². The topological polar surface area (TPSA) is 64.7 Å². The van der Waals surface area contributed by atoms with E-state index in [0.717, 1.165) is 29.4 Å². The average Bonchev–Trinajstić information content (AvgIpc) is 2.48. The summed E-state index contributed by atoms with van der Waals surface area (Å²) in [6.07, 6.45) is 10.8. The normalized spacial score (nSPS) is 18.6. The number of allylic oxidation sites excluding steroid dienone is 2. The van der Waals surface area contributed by atoms with Gasteiger partial charge in [-0.2, -0.15) is 0 Å². The summed E-state index contributed by atoms with van der Waals surface area (Å²) in [6.45, 7) is 0. The molecule has 0 amide bonds. The first-order chi connectivity index (χ1) is 9.74. The average molecular weight is 331 g/mol. The van der Waals surface area contributed by atoms with Crippen LogP contribution in [-0.2, 0) is 0 Å². The molecule has 2 heterocycles. The number of nitrogens with zero attached hydrogens (tertiary/aromatic N) is 3. The van der Waals surface area contributed by atoms with Crippen LogP contribution in [0.25, 0.3) is 5.57 Å². The standard InChI is InChI=1S/C15H15BrN4/c16-13-9-18-6-4-12(13)10-2-1-3-11(8-10)14-5-7-19-15(17)20-14/h2,4-7,9,11H,1,3,8H2,(H2,17,19,20). The Morgan fingerprint density at radius 2 is 2.15 bits per heavy atom. The molecule has 5 heteroatoms. The van der Waals surface area contributed by atoms with E-state index >= 15 is 0 Å². The molecule has 0 aromatic carbocycles. The third kappa shape index (κ3) is 2.72. The summed E-state index contributed by atoms with van der Waals surface area (Å²) in [4.78, 5) is 12.4. The number of halogens is 1. The first-order valence-electron chi connectivity index (χ1n) is 6.61. The molecule has 0 aliphatic heterocycles. The Morgan fingerprint density at radius 3 is 2.95 bits per heavy atom. The van der Waals surface area contributed by atoms with Gasteiger partial charge in [-0.3, -0.25) is 4.98 Å². The predicted octanol–water partition coefficient (Wildman–Crippen LogP) is 3.57. The highest BCUT2D eigenvalue weighted by molar-refractivity contribution is 9.10. The van der Waals surface area contributed by atoms with E-state index < -0.39 is 0 Å². The van der Waals surface area contributed by atoms with E-state index in [1.165, 1.54) is 11.1 Å². The predicted molar refractivity (Wildman–Crippen MR) is 83.0 cm³/mol. The molecule has 1 unspecified atom stereocenters. The van der Waals surface area contributed by atoms with Crippen LogP contribution in [0.15, 0.2) is 41.3 Å². The van der Waals surface area contributed by atoms with Crippen LogP contribution in [0.4, 0.5) is 5.95 Å². The lowest BCUT2D eigenvalue weighted by Crippen LogP contribution is -2.09. The fourth-order valence-electron chi connectivity index (χ4n) is 2.63. The molecule has 3 rings (SSSR count). The molecular weight excluding hydrogens is 316 g/mol. The van der Waals surface area contributed by atoms with Crippen LogP contribution < -0.4 is 5.73 Å². The highest BCUT2D eigenvalue weighted by Gasteiger charge is 2.20. The molecular formula is C15H15BrN4. The number of aromatic nitrogens is 3. The van der Waals surface area contributed by atoms with Gasteiger partial charge in [0.05, 0.1) is 0 Å². The number of hydrogen-bond donors (Lipinski definition) is 1. The molecule has 0 spiro atoms. The summed E-state index contributed by atoms with van der Waals surface area (Å²) in [5, 5.41) is 0. The van der Waals surface area contributed by atoms with Crippen molar-refractivity contribution >= 4 is 27.5 Å². The van der Waals surface area contributed by atoms with Gasteiger partial charge in [0.25, 0.3) is 0 Å². The third-order valence-corrected chi connectivity index (χ3v) is 4.24. The number of rotatable bonds is 2. The summed E-state index contributed by atoms with van der Waals surface area (Å²) in [6, 6.07) is 4.01. The van der Waals surface area contributed by atoms with Gasteiger partial charge in [-0.1, -0.05) is 6.08 Å². The van der Waals surface area contributed by atoms with Gasteiger partial charge in [-0.15, -0.1) is 0 Å². The second-order valence-electron chi connectivity index (χ2n) is 4.90. The highest BCUT2D eigenvalue weighted by Crippen LogP contribution is 2.38. The van der Waals surface area contributed by atoms with Crippen molar-refractivity contribution < 1.29 is 0 Å². The lowest BCUT2D eigenvalue weighted by Gasteiger charge is -2.23. The van der Waals surface area contributed by atoms with Gasteiger partial charge in [0.1, 0.15) is 0 Å². The Balaban J connectivity index is 1.87. The van der Waals surface area contributed by atoms with Crippen LogP contribution in [0.5, 0.6) is 0 Å². The van der Waals surface area contributed by atoms with Crippen LogP contribution in [-0.4, -0.2) is 15.0 Å². The van der Waals surface area contributed by atoms with Gasteiger partial charge in [0, 0.05) is 34.7 Å². The number of anilines is 1. The van der Waals surface area contributed by atoms with Crippen molar-refractivity contribution in [3.05, 3.63) is 52.5 Å². The maximum atomic E-state index is 5.68. The number of nitrogens with two attached hydrogens (primary N) is 1. The fourth-order valence-corrected chi connectivity index (χ4v) is 3.14. The Morgan fingerprint density at radius 1 is 1.25 bits per heavy atom. The zero-order valence-corrected chi connectivity index (χ0v) is 12.5. The van der Waals surface area contributed by atoms with Gasteiger partial charge in [-0.25, -0.2) is 9.97 Å². The van der Waals surface area contributed by atoms with Gasteiger partial charge in [0.15, 0.2) is 0 Å². The van der Waals surface area contributed by atoms with E-state index in [-0.39, 0.29) is 0 Å². The largest absolute Gasteiger partial charge is 0.368 e. The Labute approximate surface area is 126 Å². The van der Waals surface area contributed by atoms with E-state index in [4.69, 9.17) is 5.73 Å². The van der Waals surface area contributed by atoms with E-state index in [0.29, 0.717) is 11.9 Å². The minimum absolute atomic E-state index is 0.351. The quantitative estimate of drug-likeness (QED) is 0.914. The zero-order chi connectivity index (χ0) is 13.9. The van der Waals surface area contributed by atoms with E-state index in [9.17, 15) is 0 Å². The molecule has 4 nitrogen and oxygen atoms in total. The molecule has 1 aliphatic rings. The van der Waals surface area contributed by atoms with E-state index in [1.54, 1.807) is 6.20 Å². The zero-order valence-electron chi connectivity index (χ0n) is 11.0. The molecule has 1 atom stereocenters. The van der Waals surface area contributed by atoms with Crippen molar-refractivity contribution in [2.24, 2.45) is 0 Å². The molecule has 2 aromatic rings. The molecule has 0 radical (unpaired) electrons. The smallest absolute Gasteiger partial charge is 0.220 e. The first-order valence-corrected chi connectivity index (χ1v) is 7.40. The second-order valence-corrected chi connectivity index (χ2v) is 5.76.